The van der Waals surface area contributed by atoms with Crippen LogP contribution in [-0.4, -0.2) is 37.1 Å². The van der Waals surface area contributed by atoms with Crippen LogP contribution in [0.25, 0.3) is 0 Å². The summed E-state index contributed by atoms with van der Waals surface area (Å²) in [5.74, 6) is -5.63. The lowest BCUT2D eigenvalue weighted by atomic mass is 9.82. The first-order valence-electron chi connectivity index (χ1n) is 5.76. The van der Waals surface area contributed by atoms with Crippen molar-refractivity contribution in [1.29, 1.82) is 0 Å². The number of hydrogen-bond donors (Lipinski definition) is 5. The molecule has 0 radical (unpaired) electrons. The smallest absolute Gasteiger partial charge is 0.201 e. The molecule has 0 aromatic heterocycles. The van der Waals surface area contributed by atoms with Crippen LogP contribution in [-0.2, 0) is 0 Å². The fraction of sp³-hybridized carbons (Fsp3) is 0. The minimum absolute atomic E-state index is 0.219. The largest absolute Gasteiger partial charge is 0.504 e. The predicted octanol–water partition coefficient (Wildman–Crippen LogP) is 0.990. The van der Waals surface area contributed by atoms with E-state index in [1.807, 2.05) is 0 Å². The normalized spacial score (nSPS) is 13.0. The zero-order valence-electron chi connectivity index (χ0n) is 10.3. The van der Waals surface area contributed by atoms with Crippen molar-refractivity contribution in [3.8, 4) is 28.7 Å². The molecule has 2 aromatic rings. The molecule has 3 rings (SSSR count). The Hall–Kier alpha value is -3.22. The fourth-order valence-electron chi connectivity index (χ4n) is 2.32. The maximum atomic E-state index is 12.3. The molecule has 2 aromatic carbocycles. The van der Waals surface area contributed by atoms with E-state index in [4.69, 9.17) is 0 Å². The quantitative estimate of drug-likeness (QED) is 0.389. The molecule has 7 heteroatoms. The van der Waals surface area contributed by atoms with Gasteiger partial charge in [-0.1, -0.05) is 0 Å². The second-order valence-corrected chi connectivity index (χ2v) is 4.53. The first-order chi connectivity index (χ1) is 9.84. The molecule has 0 spiro atoms. The Labute approximate surface area is 117 Å². The summed E-state index contributed by atoms with van der Waals surface area (Å²) in [7, 11) is 0. The van der Waals surface area contributed by atoms with E-state index in [0.717, 1.165) is 18.2 Å². The molecular weight excluding hydrogens is 280 g/mol. The van der Waals surface area contributed by atoms with Gasteiger partial charge in [0.1, 0.15) is 0 Å². The first-order valence-corrected chi connectivity index (χ1v) is 5.76. The summed E-state index contributed by atoms with van der Waals surface area (Å²) in [5.41, 5.74) is -1.48. The van der Waals surface area contributed by atoms with Crippen LogP contribution >= 0.6 is 0 Å². The summed E-state index contributed by atoms with van der Waals surface area (Å²) < 4.78 is 0. The van der Waals surface area contributed by atoms with Crippen LogP contribution in [0, 0.1) is 0 Å². The molecule has 0 amide bonds. The molecular formula is C14H8O7. The molecule has 0 unspecified atom stereocenters. The van der Waals surface area contributed by atoms with Gasteiger partial charge in [0.15, 0.2) is 34.6 Å². The van der Waals surface area contributed by atoms with E-state index in [-0.39, 0.29) is 11.1 Å². The number of carbonyl (C=O) groups excluding carboxylic acids is 2. The lowest BCUT2D eigenvalue weighted by molar-refractivity contribution is 0.0973. The van der Waals surface area contributed by atoms with Gasteiger partial charge in [-0.25, -0.2) is 0 Å². The summed E-state index contributed by atoms with van der Waals surface area (Å²) in [5, 5.41) is 47.9. The summed E-state index contributed by atoms with van der Waals surface area (Å²) in [6.45, 7) is 0. The number of aromatic hydroxyl groups is 5. The highest BCUT2D eigenvalue weighted by atomic mass is 16.3. The Morgan fingerprint density at radius 2 is 1.19 bits per heavy atom. The maximum absolute atomic E-state index is 12.3. The van der Waals surface area contributed by atoms with Gasteiger partial charge in [0.2, 0.25) is 5.75 Å². The van der Waals surface area contributed by atoms with Crippen LogP contribution in [0.1, 0.15) is 31.8 Å². The molecule has 106 valence electrons. The topological polar surface area (TPSA) is 135 Å². The van der Waals surface area contributed by atoms with Crippen LogP contribution in [0.2, 0.25) is 0 Å². The number of phenolic OH excluding ortho intramolecular Hbond substituents is 5. The summed E-state index contributed by atoms with van der Waals surface area (Å²) in [6.07, 6.45) is 0. The van der Waals surface area contributed by atoms with Gasteiger partial charge >= 0.3 is 0 Å². The van der Waals surface area contributed by atoms with Crippen molar-refractivity contribution in [2.24, 2.45) is 0 Å². The minimum atomic E-state index is -0.915. The number of benzene rings is 2. The van der Waals surface area contributed by atoms with Crippen molar-refractivity contribution in [3.63, 3.8) is 0 Å². The lowest BCUT2D eigenvalue weighted by Crippen LogP contribution is -2.21. The Morgan fingerprint density at radius 3 is 1.86 bits per heavy atom. The second-order valence-electron chi connectivity index (χ2n) is 4.53. The SMILES string of the molecule is O=C1c2cc(O)c(O)c(O)c2C(=O)c2ccc(O)c(O)c21. The van der Waals surface area contributed by atoms with Crippen molar-refractivity contribution in [1.82, 2.24) is 0 Å². The molecule has 1 aliphatic rings. The van der Waals surface area contributed by atoms with E-state index >= 15 is 0 Å². The predicted molar refractivity (Wildman–Crippen MR) is 68.1 cm³/mol. The van der Waals surface area contributed by atoms with Crippen LogP contribution in [0.15, 0.2) is 18.2 Å². The Balaban J connectivity index is 2.41. The van der Waals surface area contributed by atoms with Crippen LogP contribution in [0.3, 0.4) is 0 Å². The summed E-state index contributed by atoms with van der Waals surface area (Å²) in [6, 6.07) is 2.97. The molecule has 0 heterocycles. The molecule has 0 atom stereocenters. The number of fused-ring (bicyclic) bond motifs is 2. The fourth-order valence-corrected chi connectivity index (χ4v) is 2.32. The zero-order valence-corrected chi connectivity index (χ0v) is 10.3. The van der Waals surface area contributed by atoms with Gasteiger partial charge in [-0.05, 0) is 18.2 Å². The van der Waals surface area contributed by atoms with E-state index in [1.165, 1.54) is 0 Å². The average molecular weight is 288 g/mol. The van der Waals surface area contributed by atoms with Gasteiger partial charge < -0.3 is 25.5 Å². The molecule has 1 aliphatic carbocycles. The summed E-state index contributed by atoms with van der Waals surface area (Å²) >= 11 is 0. The molecule has 0 bridgehead atoms. The van der Waals surface area contributed by atoms with Crippen molar-refractivity contribution >= 4 is 11.6 Å². The highest BCUT2D eigenvalue weighted by molar-refractivity contribution is 6.30. The average Bonchev–Trinajstić information content (AvgIpc) is 2.44. The van der Waals surface area contributed by atoms with Gasteiger partial charge in [-0.3, -0.25) is 9.59 Å². The van der Waals surface area contributed by atoms with Crippen molar-refractivity contribution < 1.29 is 35.1 Å². The molecule has 0 saturated carbocycles. The first kappa shape index (κ1) is 12.8. The van der Waals surface area contributed by atoms with E-state index in [9.17, 15) is 35.1 Å². The number of phenols is 5. The molecule has 0 aliphatic heterocycles. The minimum Gasteiger partial charge on any atom is -0.504 e. The number of rotatable bonds is 0. The Kier molecular flexibility index (Phi) is 2.37. The lowest BCUT2D eigenvalue weighted by Gasteiger charge is -2.20. The van der Waals surface area contributed by atoms with E-state index in [0.29, 0.717) is 0 Å². The van der Waals surface area contributed by atoms with E-state index < -0.39 is 51.4 Å². The maximum Gasteiger partial charge on any atom is 0.201 e. The molecule has 7 nitrogen and oxygen atoms in total. The Bertz CT molecular complexity index is 836. The molecule has 5 N–H and O–H groups in total. The standard InChI is InChI=1S/C14H8O7/c15-6-2-1-4-8(12(6)19)11(18)5-3-7(16)13(20)14(21)9(5)10(4)17/h1-3,15-16,19-21H. The van der Waals surface area contributed by atoms with E-state index in [2.05, 4.69) is 0 Å². The third-order valence-electron chi connectivity index (χ3n) is 3.35. The molecule has 21 heavy (non-hydrogen) atoms. The van der Waals surface area contributed by atoms with Gasteiger partial charge in [0, 0.05) is 11.1 Å². The van der Waals surface area contributed by atoms with Crippen molar-refractivity contribution in [2.45, 2.75) is 0 Å². The highest BCUT2D eigenvalue weighted by Crippen LogP contribution is 2.45. The monoisotopic (exact) mass is 288 g/mol. The third-order valence-corrected chi connectivity index (χ3v) is 3.35. The molecule has 0 saturated heterocycles. The van der Waals surface area contributed by atoms with Crippen LogP contribution in [0.4, 0.5) is 0 Å². The van der Waals surface area contributed by atoms with Crippen molar-refractivity contribution in [3.05, 3.63) is 40.5 Å². The van der Waals surface area contributed by atoms with Gasteiger partial charge in [0.05, 0.1) is 11.1 Å². The zero-order chi connectivity index (χ0) is 15.5. The number of ketones is 2. The van der Waals surface area contributed by atoms with Gasteiger partial charge in [-0.2, -0.15) is 0 Å². The van der Waals surface area contributed by atoms with Crippen LogP contribution in [0.5, 0.6) is 28.7 Å². The number of carbonyl (C=O) groups is 2. The second kappa shape index (κ2) is 3.89. The molecule has 0 fully saturated rings. The number of hydrogen-bond acceptors (Lipinski definition) is 7. The Morgan fingerprint density at radius 1 is 0.619 bits per heavy atom. The van der Waals surface area contributed by atoms with Gasteiger partial charge in [-0.15, -0.1) is 0 Å². The van der Waals surface area contributed by atoms with Crippen LogP contribution < -0.4 is 0 Å². The van der Waals surface area contributed by atoms with E-state index in [1.54, 1.807) is 0 Å². The summed E-state index contributed by atoms with van der Waals surface area (Å²) in [4.78, 5) is 24.6. The van der Waals surface area contributed by atoms with Crippen molar-refractivity contribution in [2.75, 3.05) is 0 Å². The van der Waals surface area contributed by atoms with Gasteiger partial charge in [0.25, 0.3) is 0 Å². The highest BCUT2D eigenvalue weighted by Gasteiger charge is 2.37. The third kappa shape index (κ3) is 1.48.